The number of aromatic carboxylic acids is 1. The molecule has 1 saturated carbocycles. The maximum Gasteiger partial charge on any atom is 0.357 e. The second kappa shape index (κ2) is 11.5. The Bertz CT molecular complexity index is 1580. The zero-order valence-electron chi connectivity index (χ0n) is 25.6. The van der Waals surface area contributed by atoms with Gasteiger partial charge in [0.25, 0.3) is 0 Å². The maximum atomic E-state index is 13.4. The highest BCUT2D eigenvalue weighted by Crippen LogP contribution is 2.54. The number of carbonyl (C=O) groups excluding carboxylic acids is 1. The van der Waals surface area contributed by atoms with E-state index >= 15 is 0 Å². The van der Waals surface area contributed by atoms with Gasteiger partial charge in [0.2, 0.25) is 0 Å². The zero-order valence-corrected chi connectivity index (χ0v) is 25.6. The zero-order chi connectivity index (χ0) is 30.3. The Morgan fingerprint density at radius 3 is 2.60 bits per heavy atom. The monoisotopic (exact) mass is 583 g/mol. The van der Waals surface area contributed by atoms with E-state index < -0.39 is 11.9 Å². The molecule has 1 atom stereocenters. The molecule has 226 valence electrons. The van der Waals surface area contributed by atoms with E-state index in [1.807, 2.05) is 43.5 Å². The van der Waals surface area contributed by atoms with Crippen molar-refractivity contribution in [2.24, 2.45) is 5.92 Å². The van der Waals surface area contributed by atoms with Crippen LogP contribution in [0.4, 0.5) is 5.69 Å². The number of carboxylic acids is 1. The molecule has 1 aromatic heterocycles. The number of benzene rings is 2. The van der Waals surface area contributed by atoms with Crippen LogP contribution in [0.25, 0.3) is 11.6 Å². The molecule has 1 N–H and O–H groups in total. The van der Waals surface area contributed by atoms with E-state index in [9.17, 15) is 14.7 Å². The summed E-state index contributed by atoms with van der Waals surface area (Å²) in [6.45, 7) is 6.59. The predicted molar refractivity (Wildman–Crippen MR) is 167 cm³/mol. The summed E-state index contributed by atoms with van der Waals surface area (Å²) in [4.78, 5) is 32.7. The maximum absolute atomic E-state index is 13.4. The van der Waals surface area contributed by atoms with Crippen LogP contribution in [0.15, 0.2) is 42.7 Å². The van der Waals surface area contributed by atoms with E-state index in [0.717, 1.165) is 41.0 Å². The van der Waals surface area contributed by atoms with Crippen LogP contribution in [0.3, 0.4) is 0 Å². The minimum Gasteiger partial charge on any atom is -0.497 e. The Balaban J connectivity index is 1.58. The Hall–Kier alpha value is -4.07. The van der Waals surface area contributed by atoms with Gasteiger partial charge in [-0.1, -0.05) is 44.2 Å². The molecule has 8 nitrogen and oxygen atoms in total. The summed E-state index contributed by atoms with van der Waals surface area (Å²) in [5.41, 5.74) is 6.11. The Morgan fingerprint density at radius 2 is 1.91 bits per heavy atom. The number of carbonyl (C=O) groups is 2. The van der Waals surface area contributed by atoms with Crippen LogP contribution in [-0.4, -0.2) is 46.9 Å². The first-order valence-electron chi connectivity index (χ1n) is 15.5. The van der Waals surface area contributed by atoms with Gasteiger partial charge in [0.1, 0.15) is 11.4 Å². The number of rotatable bonds is 8. The molecule has 8 heteroatoms. The van der Waals surface area contributed by atoms with E-state index in [1.165, 1.54) is 37.7 Å². The quantitative estimate of drug-likeness (QED) is 0.282. The third kappa shape index (κ3) is 5.11. The molecule has 1 unspecified atom stereocenters. The molecule has 0 saturated heterocycles. The van der Waals surface area contributed by atoms with Crippen LogP contribution in [0.5, 0.6) is 5.75 Å². The molecule has 2 aliphatic heterocycles. The number of hydrogen-bond acceptors (Lipinski definition) is 6. The van der Waals surface area contributed by atoms with Crippen LogP contribution in [0.2, 0.25) is 0 Å². The molecule has 0 radical (unpaired) electrons. The number of ether oxygens (including phenoxy) is 2. The van der Waals surface area contributed by atoms with Gasteiger partial charge in [-0.2, -0.15) is 0 Å². The lowest BCUT2D eigenvalue weighted by Gasteiger charge is -2.44. The normalized spacial score (nSPS) is 19.7. The van der Waals surface area contributed by atoms with Gasteiger partial charge in [0.05, 0.1) is 31.1 Å². The number of aromatic nitrogens is 2. The van der Waals surface area contributed by atoms with Crippen molar-refractivity contribution >= 4 is 29.3 Å². The number of esters is 1. The second-order valence-corrected chi connectivity index (χ2v) is 12.4. The highest BCUT2D eigenvalue weighted by atomic mass is 16.5. The number of hydrogen-bond donors (Lipinski definition) is 1. The van der Waals surface area contributed by atoms with Crippen LogP contribution < -0.4 is 9.64 Å². The van der Waals surface area contributed by atoms with Crippen LogP contribution >= 0.6 is 0 Å². The fourth-order valence-corrected chi connectivity index (χ4v) is 7.52. The average Bonchev–Trinajstić information content (AvgIpc) is 3.54. The highest BCUT2D eigenvalue weighted by molar-refractivity contribution is 5.98. The summed E-state index contributed by atoms with van der Waals surface area (Å²) in [6, 6.07) is 11.8. The van der Waals surface area contributed by atoms with Crippen LogP contribution in [0, 0.1) is 5.92 Å². The molecular weight excluding hydrogens is 542 g/mol. The standard InChI is InChI=1S/C35H41N3O5/c1-5-43-34(41)32-31(36-21-37(32)22(2)3)27-15-26-16-28(42-4)13-14-29(26)35(18-23-9-7-6-8-10-23)19-25-12-11-24(33(39)40)17-30(25)38(35)20-27/h11-17,21-23H,5-10,18-20H2,1-4H3,(H,39,40). The molecular formula is C35H41N3O5. The van der Waals surface area contributed by atoms with Crippen molar-refractivity contribution in [1.29, 1.82) is 0 Å². The van der Waals surface area contributed by atoms with Gasteiger partial charge in [-0.25, -0.2) is 14.6 Å². The summed E-state index contributed by atoms with van der Waals surface area (Å²) in [5, 5.41) is 9.93. The molecule has 0 spiro atoms. The van der Waals surface area contributed by atoms with Crippen molar-refractivity contribution in [3.8, 4) is 5.75 Å². The summed E-state index contributed by atoms with van der Waals surface area (Å²) in [6.07, 6.45) is 11.8. The van der Waals surface area contributed by atoms with Gasteiger partial charge in [0, 0.05) is 30.3 Å². The van der Waals surface area contributed by atoms with Crippen LogP contribution in [-0.2, 0) is 16.7 Å². The molecule has 3 aliphatic rings. The summed E-state index contributed by atoms with van der Waals surface area (Å²) in [7, 11) is 1.68. The van der Waals surface area contributed by atoms with Crippen molar-refractivity contribution in [3.05, 3.63) is 76.4 Å². The third-order valence-corrected chi connectivity index (χ3v) is 9.52. The van der Waals surface area contributed by atoms with Gasteiger partial charge < -0.3 is 24.0 Å². The van der Waals surface area contributed by atoms with Crippen molar-refractivity contribution in [1.82, 2.24) is 9.55 Å². The van der Waals surface area contributed by atoms with E-state index in [2.05, 4.69) is 23.1 Å². The first-order valence-corrected chi connectivity index (χ1v) is 15.5. The molecule has 6 rings (SSSR count). The Morgan fingerprint density at radius 1 is 1.12 bits per heavy atom. The number of carboxylic acid groups (broad SMARTS) is 1. The molecule has 3 aromatic rings. The second-order valence-electron chi connectivity index (χ2n) is 12.4. The summed E-state index contributed by atoms with van der Waals surface area (Å²) >= 11 is 0. The number of nitrogens with zero attached hydrogens (tertiary/aromatic N) is 3. The number of methoxy groups -OCH3 is 1. The highest BCUT2D eigenvalue weighted by Gasteiger charge is 2.49. The SMILES string of the molecule is CCOC(=O)c1c(C2=Cc3cc(OC)ccc3C3(CC4CCCCC4)Cc4ccc(C(=O)O)cc4N3C2)ncn1C(C)C. The van der Waals surface area contributed by atoms with Gasteiger partial charge >= 0.3 is 11.9 Å². The number of imidazole rings is 1. The lowest BCUT2D eigenvalue weighted by molar-refractivity contribution is 0.0511. The first kappa shape index (κ1) is 29.0. The summed E-state index contributed by atoms with van der Waals surface area (Å²) < 4.78 is 13.1. The number of anilines is 1. The van der Waals surface area contributed by atoms with Gasteiger partial charge in [-0.05, 0) is 80.1 Å². The predicted octanol–water partition coefficient (Wildman–Crippen LogP) is 7.13. The molecule has 0 bridgehead atoms. The molecule has 3 heterocycles. The van der Waals surface area contributed by atoms with Crippen molar-refractivity contribution in [3.63, 3.8) is 0 Å². The van der Waals surface area contributed by atoms with Gasteiger partial charge in [-0.15, -0.1) is 0 Å². The minimum absolute atomic E-state index is 0.00967. The molecule has 0 amide bonds. The minimum atomic E-state index is -0.941. The molecule has 1 fully saturated rings. The topological polar surface area (TPSA) is 93.9 Å². The van der Waals surface area contributed by atoms with Crippen LogP contribution in [0.1, 0.15) is 109 Å². The fourth-order valence-electron chi connectivity index (χ4n) is 7.52. The average molecular weight is 584 g/mol. The lowest BCUT2D eigenvalue weighted by atomic mass is 9.73. The van der Waals surface area contributed by atoms with E-state index in [4.69, 9.17) is 14.5 Å². The molecule has 1 aliphatic carbocycles. The largest absolute Gasteiger partial charge is 0.497 e. The third-order valence-electron chi connectivity index (χ3n) is 9.52. The fraction of sp³-hybridized carbons (Fsp3) is 0.457. The lowest BCUT2D eigenvalue weighted by Crippen LogP contribution is -2.46. The van der Waals surface area contributed by atoms with E-state index in [0.29, 0.717) is 23.9 Å². The van der Waals surface area contributed by atoms with Gasteiger partial charge in [0.15, 0.2) is 5.69 Å². The van der Waals surface area contributed by atoms with Crippen molar-refractivity contribution < 1.29 is 24.2 Å². The van der Waals surface area contributed by atoms with Crippen molar-refractivity contribution in [2.45, 2.75) is 77.3 Å². The Kier molecular flexibility index (Phi) is 7.79. The smallest absolute Gasteiger partial charge is 0.357 e. The molecule has 43 heavy (non-hydrogen) atoms. The van der Waals surface area contributed by atoms with Gasteiger partial charge in [-0.3, -0.25) is 0 Å². The van der Waals surface area contributed by atoms with Crippen molar-refractivity contribution in [2.75, 3.05) is 25.2 Å². The first-order chi connectivity index (χ1) is 20.8. The number of fused-ring (bicyclic) bond motifs is 5. The van der Waals surface area contributed by atoms with E-state index in [1.54, 1.807) is 19.5 Å². The molecule has 2 aromatic carbocycles. The summed E-state index contributed by atoms with van der Waals surface area (Å²) in [5.74, 6) is -0.0133. The Labute approximate surface area is 253 Å². The van der Waals surface area contributed by atoms with E-state index in [-0.39, 0.29) is 23.8 Å².